The van der Waals surface area contributed by atoms with Crippen LogP contribution in [-0.2, 0) is 6.42 Å². The van der Waals surface area contributed by atoms with Crippen LogP contribution >= 0.6 is 0 Å². The lowest BCUT2D eigenvalue weighted by atomic mass is 10.1. The maximum Gasteiger partial charge on any atom is 0.0633 e. The molecule has 0 bridgehead atoms. The number of hydrogen-bond donors (Lipinski definition) is 3. The van der Waals surface area contributed by atoms with Crippen molar-refractivity contribution < 1.29 is 10.2 Å². The van der Waals surface area contributed by atoms with Crippen LogP contribution < -0.4 is 5.32 Å². The molecule has 0 aliphatic rings. The second kappa shape index (κ2) is 7.25. The molecule has 3 nitrogen and oxygen atoms in total. The van der Waals surface area contributed by atoms with Gasteiger partial charge in [-0.15, -0.1) is 0 Å². The second-order valence-corrected chi connectivity index (χ2v) is 3.98. The van der Waals surface area contributed by atoms with Crippen LogP contribution in [0.3, 0.4) is 0 Å². The average molecular weight is 223 g/mol. The zero-order valence-corrected chi connectivity index (χ0v) is 9.82. The number of aliphatic hydroxyl groups excluding tert-OH is 2. The summed E-state index contributed by atoms with van der Waals surface area (Å²) in [5, 5.41) is 21.1. The van der Waals surface area contributed by atoms with Gasteiger partial charge in [-0.05, 0) is 30.5 Å². The molecule has 0 spiro atoms. The standard InChI is InChI=1S/C13H21NO2/c1-2-3-11-4-6-12(7-5-11)14-13(10-16)8-9-15/h4-7,13-16H,2-3,8-10H2,1H3. The van der Waals surface area contributed by atoms with Gasteiger partial charge in [0.25, 0.3) is 0 Å². The molecule has 1 atom stereocenters. The fourth-order valence-corrected chi connectivity index (χ4v) is 1.66. The molecule has 0 amide bonds. The number of nitrogens with one attached hydrogen (secondary N) is 1. The van der Waals surface area contributed by atoms with E-state index in [1.807, 2.05) is 12.1 Å². The molecule has 1 unspecified atom stereocenters. The summed E-state index contributed by atoms with van der Waals surface area (Å²) in [7, 11) is 0. The summed E-state index contributed by atoms with van der Waals surface area (Å²) >= 11 is 0. The van der Waals surface area contributed by atoms with E-state index in [-0.39, 0.29) is 19.3 Å². The van der Waals surface area contributed by atoms with Gasteiger partial charge in [0.15, 0.2) is 0 Å². The highest BCUT2D eigenvalue weighted by Gasteiger charge is 2.05. The lowest BCUT2D eigenvalue weighted by Crippen LogP contribution is -2.24. The van der Waals surface area contributed by atoms with Crippen LogP contribution in [0.5, 0.6) is 0 Å². The summed E-state index contributed by atoms with van der Waals surface area (Å²) in [5.41, 5.74) is 2.32. The monoisotopic (exact) mass is 223 g/mol. The normalized spacial score (nSPS) is 12.4. The Labute approximate surface area is 97.1 Å². The lowest BCUT2D eigenvalue weighted by molar-refractivity contribution is 0.229. The summed E-state index contributed by atoms with van der Waals surface area (Å²) in [6.07, 6.45) is 2.81. The fraction of sp³-hybridized carbons (Fsp3) is 0.538. The predicted molar refractivity (Wildman–Crippen MR) is 66.6 cm³/mol. The molecule has 0 aromatic heterocycles. The van der Waals surface area contributed by atoms with Gasteiger partial charge in [0.2, 0.25) is 0 Å². The van der Waals surface area contributed by atoms with Gasteiger partial charge in [0, 0.05) is 12.3 Å². The fourth-order valence-electron chi connectivity index (χ4n) is 1.66. The minimum absolute atomic E-state index is 0.0390. The third-order valence-electron chi connectivity index (χ3n) is 2.56. The topological polar surface area (TPSA) is 52.5 Å². The van der Waals surface area contributed by atoms with Gasteiger partial charge >= 0.3 is 0 Å². The van der Waals surface area contributed by atoms with Crippen LogP contribution in [0.15, 0.2) is 24.3 Å². The molecule has 16 heavy (non-hydrogen) atoms. The molecule has 0 aliphatic carbocycles. The van der Waals surface area contributed by atoms with Gasteiger partial charge in [-0.1, -0.05) is 25.5 Å². The average Bonchev–Trinajstić information content (AvgIpc) is 2.31. The van der Waals surface area contributed by atoms with Crippen LogP contribution in [-0.4, -0.2) is 29.5 Å². The predicted octanol–water partition coefficient (Wildman–Crippen LogP) is 1.79. The van der Waals surface area contributed by atoms with Gasteiger partial charge in [0.1, 0.15) is 0 Å². The van der Waals surface area contributed by atoms with Crippen LogP contribution in [0, 0.1) is 0 Å². The van der Waals surface area contributed by atoms with E-state index in [0.717, 1.165) is 18.5 Å². The van der Waals surface area contributed by atoms with E-state index in [2.05, 4.69) is 24.4 Å². The van der Waals surface area contributed by atoms with E-state index in [1.54, 1.807) is 0 Å². The molecule has 0 saturated carbocycles. The highest BCUT2D eigenvalue weighted by Crippen LogP contribution is 2.12. The molecule has 0 heterocycles. The van der Waals surface area contributed by atoms with Crippen molar-refractivity contribution in [3.05, 3.63) is 29.8 Å². The first-order chi connectivity index (χ1) is 7.80. The Morgan fingerprint density at radius 1 is 1.19 bits per heavy atom. The van der Waals surface area contributed by atoms with Gasteiger partial charge in [-0.3, -0.25) is 0 Å². The van der Waals surface area contributed by atoms with E-state index >= 15 is 0 Å². The van der Waals surface area contributed by atoms with E-state index in [9.17, 15) is 0 Å². The largest absolute Gasteiger partial charge is 0.396 e. The van der Waals surface area contributed by atoms with Crippen molar-refractivity contribution in [1.29, 1.82) is 0 Å². The smallest absolute Gasteiger partial charge is 0.0633 e. The molecule has 1 rings (SSSR count). The minimum atomic E-state index is -0.0676. The number of aliphatic hydroxyl groups is 2. The Bertz CT molecular complexity index is 284. The van der Waals surface area contributed by atoms with Gasteiger partial charge in [-0.25, -0.2) is 0 Å². The molecule has 3 N–H and O–H groups in total. The van der Waals surface area contributed by atoms with Crippen LogP contribution in [0.1, 0.15) is 25.3 Å². The summed E-state index contributed by atoms with van der Waals surface area (Å²) in [6, 6.07) is 8.16. The Kier molecular flexibility index (Phi) is 5.90. The molecule has 0 fully saturated rings. The Balaban J connectivity index is 2.53. The number of benzene rings is 1. The number of hydrogen-bond acceptors (Lipinski definition) is 3. The molecular weight excluding hydrogens is 202 g/mol. The molecule has 0 saturated heterocycles. The molecular formula is C13H21NO2. The number of aryl methyl sites for hydroxylation is 1. The number of rotatable bonds is 7. The first-order valence-electron chi connectivity index (χ1n) is 5.87. The SMILES string of the molecule is CCCc1ccc(NC(CO)CCO)cc1. The summed E-state index contributed by atoms with van der Waals surface area (Å²) in [5.74, 6) is 0. The molecule has 90 valence electrons. The lowest BCUT2D eigenvalue weighted by Gasteiger charge is -2.16. The van der Waals surface area contributed by atoms with E-state index < -0.39 is 0 Å². The van der Waals surface area contributed by atoms with Crippen molar-refractivity contribution in [2.45, 2.75) is 32.2 Å². The van der Waals surface area contributed by atoms with Crippen molar-refractivity contribution in [1.82, 2.24) is 0 Å². The quantitative estimate of drug-likeness (QED) is 0.660. The van der Waals surface area contributed by atoms with Crippen LogP contribution in [0.2, 0.25) is 0 Å². The second-order valence-electron chi connectivity index (χ2n) is 3.98. The van der Waals surface area contributed by atoms with E-state index in [1.165, 1.54) is 5.56 Å². The van der Waals surface area contributed by atoms with Gasteiger partial charge < -0.3 is 15.5 Å². The Morgan fingerprint density at radius 2 is 1.88 bits per heavy atom. The van der Waals surface area contributed by atoms with Gasteiger partial charge in [-0.2, -0.15) is 0 Å². The Morgan fingerprint density at radius 3 is 2.38 bits per heavy atom. The van der Waals surface area contributed by atoms with Crippen LogP contribution in [0.25, 0.3) is 0 Å². The van der Waals surface area contributed by atoms with E-state index in [0.29, 0.717) is 6.42 Å². The van der Waals surface area contributed by atoms with Crippen molar-refractivity contribution in [2.24, 2.45) is 0 Å². The zero-order valence-electron chi connectivity index (χ0n) is 9.82. The maximum absolute atomic E-state index is 9.08. The first-order valence-corrected chi connectivity index (χ1v) is 5.87. The van der Waals surface area contributed by atoms with Crippen molar-refractivity contribution >= 4 is 5.69 Å². The van der Waals surface area contributed by atoms with Crippen molar-refractivity contribution in [3.63, 3.8) is 0 Å². The molecule has 0 radical (unpaired) electrons. The van der Waals surface area contributed by atoms with Crippen molar-refractivity contribution in [3.8, 4) is 0 Å². The summed E-state index contributed by atoms with van der Waals surface area (Å²) < 4.78 is 0. The van der Waals surface area contributed by atoms with Gasteiger partial charge in [0.05, 0.1) is 12.6 Å². The highest BCUT2D eigenvalue weighted by atomic mass is 16.3. The van der Waals surface area contributed by atoms with E-state index in [4.69, 9.17) is 10.2 Å². The maximum atomic E-state index is 9.08. The summed E-state index contributed by atoms with van der Waals surface area (Å²) in [4.78, 5) is 0. The minimum Gasteiger partial charge on any atom is -0.396 e. The molecule has 1 aromatic carbocycles. The number of anilines is 1. The zero-order chi connectivity index (χ0) is 11.8. The Hall–Kier alpha value is -1.06. The molecule has 0 aliphatic heterocycles. The molecule has 1 aromatic rings. The summed E-state index contributed by atoms with van der Waals surface area (Å²) in [6.45, 7) is 2.29. The molecule has 3 heteroatoms. The third-order valence-corrected chi connectivity index (χ3v) is 2.56. The highest BCUT2D eigenvalue weighted by molar-refractivity contribution is 5.45. The van der Waals surface area contributed by atoms with Crippen molar-refractivity contribution in [2.75, 3.05) is 18.5 Å². The third kappa shape index (κ3) is 4.21. The first kappa shape index (κ1) is 13.0. The van der Waals surface area contributed by atoms with Crippen LogP contribution in [0.4, 0.5) is 5.69 Å².